The van der Waals surface area contributed by atoms with Crippen LogP contribution in [0.5, 0.6) is 0 Å². The van der Waals surface area contributed by atoms with Crippen LogP contribution in [0.1, 0.15) is 24.1 Å². The molecule has 0 saturated heterocycles. The number of aromatic nitrogens is 1. The highest BCUT2D eigenvalue weighted by molar-refractivity contribution is 7.89. The molecule has 1 heterocycles. The average molecular weight is 435 g/mol. The van der Waals surface area contributed by atoms with Crippen molar-refractivity contribution >= 4 is 44.1 Å². The van der Waals surface area contributed by atoms with Crippen molar-refractivity contribution in [3.63, 3.8) is 0 Å². The van der Waals surface area contributed by atoms with Crippen molar-refractivity contribution in [2.24, 2.45) is 0 Å². The van der Waals surface area contributed by atoms with Crippen LogP contribution in [-0.2, 0) is 22.9 Å². The van der Waals surface area contributed by atoms with Crippen LogP contribution < -0.4 is 4.72 Å². The van der Waals surface area contributed by atoms with Gasteiger partial charge >= 0.3 is 0 Å². The molecule has 0 unspecified atom stereocenters. The first kappa shape index (κ1) is 20.8. The predicted molar refractivity (Wildman–Crippen MR) is 115 cm³/mol. The number of hydrogen-bond donors (Lipinski definition) is 2. The second-order valence-electron chi connectivity index (χ2n) is 6.43. The number of H-pyrrole nitrogens is 1. The van der Waals surface area contributed by atoms with Gasteiger partial charge in [-0.25, -0.2) is 13.1 Å². The Morgan fingerprint density at radius 1 is 1.04 bits per heavy atom. The van der Waals surface area contributed by atoms with E-state index in [1.165, 1.54) is 12.1 Å². The molecule has 0 radical (unpaired) electrons. The van der Waals surface area contributed by atoms with Gasteiger partial charge in [0.15, 0.2) is 0 Å². The monoisotopic (exact) mass is 434 g/mol. The number of rotatable bonds is 8. The van der Waals surface area contributed by atoms with Crippen molar-refractivity contribution in [1.29, 1.82) is 0 Å². The molecule has 4 nitrogen and oxygen atoms in total. The molecule has 146 valence electrons. The molecule has 0 aliphatic carbocycles. The molecule has 2 N–H and O–H groups in total. The van der Waals surface area contributed by atoms with Crippen molar-refractivity contribution in [3.05, 3.63) is 63.8 Å². The summed E-state index contributed by atoms with van der Waals surface area (Å²) in [6.07, 6.45) is 8.25. The number of fused-ring (bicyclic) bond motifs is 1. The number of unbranched alkanes of at least 4 members (excludes halogenated alkanes) is 1. The number of sulfonamides is 1. The van der Waals surface area contributed by atoms with Crippen LogP contribution in [0, 0.1) is 12.3 Å². The maximum atomic E-state index is 12.5. The number of aryl methyl sites for hydroxylation is 1. The Labute approximate surface area is 175 Å². The Bertz CT molecular complexity index is 1110. The number of hydrogen-bond acceptors (Lipinski definition) is 2. The van der Waals surface area contributed by atoms with Gasteiger partial charge in [-0.05, 0) is 67.3 Å². The van der Waals surface area contributed by atoms with Crippen LogP contribution in [0.2, 0.25) is 10.0 Å². The smallest absolute Gasteiger partial charge is 0.240 e. The molecular formula is C21H20Cl2N2O2S. The van der Waals surface area contributed by atoms with Crippen LogP contribution >= 0.6 is 23.2 Å². The summed E-state index contributed by atoms with van der Waals surface area (Å²) in [5.41, 5.74) is 3.11. The molecule has 7 heteroatoms. The summed E-state index contributed by atoms with van der Waals surface area (Å²) in [5.74, 6) is 2.65. The maximum Gasteiger partial charge on any atom is 0.240 e. The Kier molecular flexibility index (Phi) is 6.69. The van der Waals surface area contributed by atoms with Crippen LogP contribution in [0.15, 0.2) is 47.4 Å². The quantitative estimate of drug-likeness (QED) is 0.389. The summed E-state index contributed by atoms with van der Waals surface area (Å²) in [7, 11) is -3.60. The van der Waals surface area contributed by atoms with Gasteiger partial charge in [0.1, 0.15) is 0 Å². The van der Waals surface area contributed by atoms with Gasteiger partial charge in [-0.1, -0.05) is 23.2 Å². The highest BCUT2D eigenvalue weighted by Crippen LogP contribution is 2.27. The van der Waals surface area contributed by atoms with Gasteiger partial charge in [-0.3, -0.25) is 0 Å². The lowest BCUT2D eigenvalue weighted by Gasteiger charge is -2.08. The van der Waals surface area contributed by atoms with Gasteiger partial charge in [0.05, 0.1) is 4.90 Å². The van der Waals surface area contributed by atoms with E-state index in [0.29, 0.717) is 22.9 Å². The first-order valence-corrected chi connectivity index (χ1v) is 11.1. The molecule has 28 heavy (non-hydrogen) atoms. The third-order valence-corrected chi connectivity index (χ3v) is 6.46. The molecule has 3 aromatic rings. The van der Waals surface area contributed by atoms with Crippen LogP contribution in [0.3, 0.4) is 0 Å². The Balaban J connectivity index is 1.79. The van der Waals surface area contributed by atoms with Crippen LogP contribution in [-0.4, -0.2) is 19.9 Å². The van der Waals surface area contributed by atoms with Crippen molar-refractivity contribution in [1.82, 2.24) is 9.71 Å². The molecular weight excluding hydrogens is 415 g/mol. The molecule has 3 rings (SSSR count). The van der Waals surface area contributed by atoms with Gasteiger partial charge in [0.25, 0.3) is 0 Å². The molecule has 2 aromatic carbocycles. The number of nitrogens with one attached hydrogen (secondary N) is 2. The molecule has 0 aliphatic rings. The first-order valence-electron chi connectivity index (χ1n) is 8.88. The summed E-state index contributed by atoms with van der Waals surface area (Å²) in [4.78, 5) is 3.60. The number of halogens is 2. The second kappa shape index (κ2) is 9.02. The molecule has 0 fully saturated rings. The van der Waals surface area contributed by atoms with Crippen molar-refractivity contribution in [3.8, 4) is 12.3 Å². The summed E-state index contributed by atoms with van der Waals surface area (Å²) in [5, 5.41) is 2.14. The van der Waals surface area contributed by atoms with E-state index in [0.717, 1.165) is 35.0 Å². The predicted octanol–water partition coefficient (Wildman–Crippen LogP) is 4.95. The Morgan fingerprint density at radius 2 is 1.75 bits per heavy atom. The number of terminal acetylenes is 1. The van der Waals surface area contributed by atoms with Crippen LogP contribution in [0.4, 0.5) is 0 Å². The molecule has 0 bridgehead atoms. The first-order chi connectivity index (χ1) is 13.4. The van der Waals surface area contributed by atoms with E-state index in [1.54, 1.807) is 12.1 Å². The lowest BCUT2D eigenvalue weighted by atomic mass is 10.0. The van der Waals surface area contributed by atoms with Crippen molar-refractivity contribution in [2.45, 2.75) is 30.6 Å². The summed E-state index contributed by atoms with van der Waals surface area (Å²) >= 11 is 12.0. The van der Waals surface area contributed by atoms with E-state index in [9.17, 15) is 8.42 Å². The second-order valence-corrected chi connectivity index (χ2v) is 9.07. The summed E-state index contributed by atoms with van der Waals surface area (Å²) in [6.45, 7) is 0.270. The van der Waals surface area contributed by atoms with Gasteiger partial charge in [-0.2, -0.15) is 0 Å². The standard InChI is InChI=1S/C21H20Cl2N2O2S/c1-2-3-4-5-20-18(19-14-16(23)8-11-21(19)25-20)12-13-24-28(26,27)17-9-6-15(22)7-10-17/h1,6-11,14,24-25H,3-5,12-13H2. The minimum Gasteiger partial charge on any atom is -0.358 e. The summed E-state index contributed by atoms with van der Waals surface area (Å²) in [6, 6.07) is 11.8. The third kappa shape index (κ3) is 4.89. The Morgan fingerprint density at radius 3 is 2.46 bits per heavy atom. The lowest BCUT2D eigenvalue weighted by Crippen LogP contribution is -2.26. The minimum absolute atomic E-state index is 0.188. The molecule has 1 aromatic heterocycles. The van der Waals surface area contributed by atoms with Gasteiger partial charge in [0.2, 0.25) is 10.0 Å². The maximum absolute atomic E-state index is 12.5. The zero-order valence-electron chi connectivity index (χ0n) is 15.1. The fraction of sp³-hybridized carbons (Fsp3) is 0.238. The van der Waals surface area contributed by atoms with Crippen molar-refractivity contribution in [2.75, 3.05) is 6.54 Å². The van der Waals surface area contributed by atoms with E-state index in [4.69, 9.17) is 29.6 Å². The highest BCUT2D eigenvalue weighted by atomic mass is 35.5. The van der Waals surface area contributed by atoms with E-state index in [1.807, 2.05) is 18.2 Å². The van der Waals surface area contributed by atoms with E-state index >= 15 is 0 Å². The molecule has 0 atom stereocenters. The zero-order chi connectivity index (χ0) is 20.1. The minimum atomic E-state index is -3.60. The highest BCUT2D eigenvalue weighted by Gasteiger charge is 2.16. The lowest BCUT2D eigenvalue weighted by molar-refractivity contribution is 0.581. The van der Waals surface area contributed by atoms with Crippen LogP contribution in [0.25, 0.3) is 10.9 Å². The largest absolute Gasteiger partial charge is 0.358 e. The number of benzene rings is 2. The summed E-state index contributed by atoms with van der Waals surface area (Å²) < 4.78 is 27.6. The zero-order valence-corrected chi connectivity index (χ0v) is 17.5. The van der Waals surface area contributed by atoms with Gasteiger partial charge < -0.3 is 4.98 Å². The normalized spacial score (nSPS) is 11.6. The SMILES string of the molecule is C#CCCCc1[nH]c2ccc(Cl)cc2c1CCNS(=O)(=O)c1ccc(Cl)cc1. The topological polar surface area (TPSA) is 62.0 Å². The number of aromatic amines is 1. The van der Waals surface area contributed by atoms with E-state index in [-0.39, 0.29) is 11.4 Å². The fourth-order valence-electron chi connectivity index (χ4n) is 3.15. The molecule has 0 spiro atoms. The molecule has 0 aliphatic heterocycles. The molecule has 0 amide bonds. The van der Waals surface area contributed by atoms with Crippen molar-refractivity contribution < 1.29 is 8.42 Å². The van der Waals surface area contributed by atoms with Gasteiger partial charge in [0, 0.05) is 39.6 Å². The van der Waals surface area contributed by atoms with Gasteiger partial charge in [-0.15, -0.1) is 12.3 Å². The fourth-order valence-corrected chi connectivity index (χ4v) is 4.48. The molecule has 0 saturated carbocycles. The van der Waals surface area contributed by atoms with E-state index < -0.39 is 10.0 Å². The third-order valence-electron chi connectivity index (χ3n) is 4.50. The average Bonchev–Trinajstić information content (AvgIpc) is 2.99. The Hall–Kier alpha value is -1.97. The van der Waals surface area contributed by atoms with E-state index in [2.05, 4.69) is 15.6 Å².